The zero-order valence-electron chi connectivity index (χ0n) is 15.1. The third-order valence-electron chi connectivity index (χ3n) is 5.60. The number of likely N-dealkylation sites (tertiary alicyclic amines) is 1. The Morgan fingerprint density at radius 1 is 1.38 bits per heavy atom. The van der Waals surface area contributed by atoms with E-state index in [4.69, 9.17) is 9.47 Å². The number of fused-ring (bicyclic) bond motifs is 2. The number of ether oxygens (including phenoxy) is 2. The largest absolute Gasteiger partial charge is 0.375 e. The average Bonchev–Trinajstić information content (AvgIpc) is 3.35. The molecule has 1 saturated carbocycles. The summed E-state index contributed by atoms with van der Waals surface area (Å²) in [5.41, 5.74) is -0.604. The van der Waals surface area contributed by atoms with Crippen molar-refractivity contribution in [1.29, 1.82) is 0 Å². The Kier molecular flexibility index (Phi) is 4.71. The van der Waals surface area contributed by atoms with Crippen molar-refractivity contribution in [3.05, 3.63) is 18.2 Å². The topological polar surface area (TPSA) is 85.7 Å². The molecule has 1 atom stereocenters. The standard InChI is InChI=1S/C18H26N4O4/c1-25-12-15(23)21-7-4-18(5-8-21)17-19-6-9-22(17)11-14(26-18)16(24)20-10-13-2-3-13/h6,9,13-14H,2-5,7-8,10-12H2,1H3,(H,20,24)/t14-/m0/s1. The van der Waals surface area contributed by atoms with Crippen LogP contribution in [0.2, 0.25) is 0 Å². The predicted octanol–water partition coefficient (Wildman–Crippen LogP) is 0.272. The van der Waals surface area contributed by atoms with Crippen LogP contribution in [-0.2, 0) is 31.2 Å². The van der Waals surface area contributed by atoms with E-state index in [0.29, 0.717) is 38.4 Å². The maximum atomic E-state index is 12.6. The van der Waals surface area contributed by atoms with Crippen molar-refractivity contribution in [3.8, 4) is 0 Å². The Bertz CT molecular complexity index is 676. The van der Waals surface area contributed by atoms with Gasteiger partial charge in [0.1, 0.15) is 18.0 Å². The molecule has 142 valence electrons. The third-order valence-corrected chi connectivity index (χ3v) is 5.60. The molecule has 1 spiro atoms. The summed E-state index contributed by atoms with van der Waals surface area (Å²) in [5, 5.41) is 3.02. The molecule has 1 saturated heterocycles. The number of hydrogen-bond acceptors (Lipinski definition) is 5. The number of nitrogens with zero attached hydrogens (tertiary/aromatic N) is 3. The summed E-state index contributed by atoms with van der Waals surface area (Å²) in [5.74, 6) is 1.44. The van der Waals surface area contributed by atoms with Crippen molar-refractivity contribution in [2.24, 2.45) is 5.92 Å². The van der Waals surface area contributed by atoms with Crippen molar-refractivity contribution >= 4 is 11.8 Å². The second-order valence-electron chi connectivity index (χ2n) is 7.51. The predicted molar refractivity (Wildman–Crippen MR) is 92.2 cm³/mol. The fourth-order valence-corrected chi connectivity index (χ4v) is 3.89. The molecule has 0 radical (unpaired) electrons. The zero-order valence-corrected chi connectivity index (χ0v) is 15.1. The van der Waals surface area contributed by atoms with Gasteiger partial charge in [-0.05, 0) is 18.8 Å². The number of imidazole rings is 1. The van der Waals surface area contributed by atoms with E-state index in [9.17, 15) is 9.59 Å². The van der Waals surface area contributed by atoms with Gasteiger partial charge in [0.25, 0.3) is 5.91 Å². The van der Waals surface area contributed by atoms with Gasteiger partial charge < -0.3 is 24.3 Å². The SMILES string of the molecule is COCC(=O)N1CCC2(CC1)O[C@H](C(=O)NCC1CC1)Cn1ccnc12. The lowest BCUT2D eigenvalue weighted by atomic mass is 9.88. The van der Waals surface area contributed by atoms with E-state index in [1.54, 1.807) is 11.1 Å². The van der Waals surface area contributed by atoms with Crippen LogP contribution in [0.15, 0.2) is 12.4 Å². The van der Waals surface area contributed by atoms with Gasteiger partial charge in [-0.15, -0.1) is 0 Å². The van der Waals surface area contributed by atoms with Gasteiger partial charge in [0.15, 0.2) is 6.10 Å². The Morgan fingerprint density at radius 2 is 2.15 bits per heavy atom. The summed E-state index contributed by atoms with van der Waals surface area (Å²) in [6.45, 7) is 2.47. The summed E-state index contributed by atoms with van der Waals surface area (Å²) in [7, 11) is 1.52. The van der Waals surface area contributed by atoms with Gasteiger partial charge in [-0.3, -0.25) is 9.59 Å². The van der Waals surface area contributed by atoms with Gasteiger partial charge in [0, 0.05) is 52.0 Å². The number of amides is 2. The number of rotatable bonds is 5. The van der Waals surface area contributed by atoms with Gasteiger partial charge in [-0.2, -0.15) is 0 Å². The Hall–Kier alpha value is -1.93. The zero-order chi connectivity index (χ0) is 18.1. The van der Waals surface area contributed by atoms with Crippen LogP contribution in [-0.4, -0.2) is 65.7 Å². The minimum Gasteiger partial charge on any atom is -0.375 e. The molecule has 1 aromatic rings. The van der Waals surface area contributed by atoms with Crippen LogP contribution in [0.3, 0.4) is 0 Å². The van der Waals surface area contributed by atoms with Crippen LogP contribution in [0.1, 0.15) is 31.5 Å². The molecule has 0 aromatic carbocycles. The molecule has 2 fully saturated rings. The van der Waals surface area contributed by atoms with Crippen molar-refractivity contribution in [1.82, 2.24) is 19.8 Å². The second-order valence-corrected chi connectivity index (χ2v) is 7.51. The minimum atomic E-state index is -0.604. The fraction of sp³-hybridized carbons (Fsp3) is 0.722. The van der Waals surface area contributed by atoms with E-state index in [-0.39, 0.29) is 18.4 Å². The van der Waals surface area contributed by atoms with Crippen LogP contribution < -0.4 is 5.32 Å². The van der Waals surface area contributed by atoms with Crippen LogP contribution in [0.25, 0.3) is 0 Å². The number of methoxy groups -OCH3 is 1. The lowest BCUT2D eigenvalue weighted by Crippen LogP contribution is -2.55. The van der Waals surface area contributed by atoms with Crippen LogP contribution in [0.5, 0.6) is 0 Å². The van der Waals surface area contributed by atoms with Crippen LogP contribution >= 0.6 is 0 Å². The smallest absolute Gasteiger partial charge is 0.251 e. The normalized spacial score (nSPS) is 24.3. The lowest BCUT2D eigenvalue weighted by molar-refractivity contribution is -0.176. The molecule has 1 aromatic heterocycles. The average molecular weight is 362 g/mol. The van der Waals surface area contributed by atoms with E-state index in [0.717, 1.165) is 12.4 Å². The molecule has 1 aliphatic carbocycles. The summed E-state index contributed by atoms with van der Waals surface area (Å²) in [4.78, 5) is 31.0. The lowest BCUT2D eigenvalue weighted by Gasteiger charge is -2.45. The molecule has 3 aliphatic rings. The summed E-state index contributed by atoms with van der Waals surface area (Å²) < 4.78 is 13.3. The Morgan fingerprint density at radius 3 is 2.85 bits per heavy atom. The van der Waals surface area contributed by atoms with Crippen LogP contribution in [0.4, 0.5) is 0 Å². The first kappa shape index (κ1) is 17.5. The summed E-state index contributed by atoms with van der Waals surface area (Å²) in [6.07, 6.45) is 6.81. The first-order valence-corrected chi connectivity index (χ1v) is 9.35. The minimum absolute atomic E-state index is 0.0137. The number of aromatic nitrogens is 2. The van der Waals surface area contributed by atoms with Gasteiger partial charge in [-0.25, -0.2) is 4.98 Å². The number of nitrogens with one attached hydrogen (secondary N) is 1. The molecule has 8 heteroatoms. The highest BCUT2D eigenvalue weighted by Gasteiger charge is 2.47. The first-order chi connectivity index (χ1) is 12.6. The number of carbonyl (C=O) groups is 2. The second kappa shape index (κ2) is 7.00. The summed E-state index contributed by atoms with van der Waals surface area (Å²) in [6, 6.07) is 0. The van der Waals surface area contributed by atoms with Crippen molar-refractivity contribution in [2.45, 2.75) is 43.9 Å². The molecule has 26 heavy (non-hydrogen) atoms. The van der Waals surface area contributed by atoms with E-state index >= 15 is 0 Å². The quantitative estimate of drug-likeness (QED) is 0.813. The van der Waals surface area contributed by atoms with E-state index in [1.807, 2.05) is 10.8 Å². The number of piperidine rings is 1. The van der Waals surface area contributed by atoms with Gasteiger partial charge in [0.2, 0.25) is 5.91 Å². The van der Waals surface area contributed by atoms with Gasteiger partial charge in [-0.1, -0.05) is 0 Å². The molecule has 0 bridgehead atoms. The van der Waals surface area contributed by atoms with E-state index < -0.39 is 11.7 Å². The molecule has 1 N–H and O–H groups in total. The third kappa shape index (κ3) is 3.35. The molecule has 0 unspecified atom stereocenters. The van der Waals surface area contributed by atoms with Gasteiger partial charge >= 0.3 is 0 Å². The van der Waals surface area contributed by atoms with E-state index in [1.165, 1.54) is 20.0 Å². The highest BCUT2D eigenvalue weighted by atomic mass is 16.5. The van der Waals surface area contributed by atoms with E-state index in [2.05, 4.69) is 10.3 Å². The summed E-state index contributed by atoms with van der Waals surface area (Å²) >= 11 is 0. The highest BCUT2D eigenvalue weighted by molar-refractivity contribution is 5.81. The Balaban J connectivity index is 1.46. The molecule has 2 amide bonds. The van der Waals surface area contributed by atoms with Gasteiger partial charge in [0.05, 0.1) is 6.54 Å². The van der Waals surface area contributed by atoms with Crippen molar-refractivity contribution in [2.75, 3.05) is 33.4 Å². The number of hydrogen-bond donors (Lipinski definition) is 1. The number of carbonyl (C=O) groups excluding carboxylic acids is 2. The molecular formula is C18H26N4O4. The molecule has 3 heterocycles. The molecule has 8 nitrogen and oxygen atoms in total. The molecule has 2 aliphatic heterocycles. The Labute approximate surface area is 152 Å². The molecular weight excluding hydrogens is 336 g/mol. The van der Waals surface area contributed by atoms with Crippen LogP contribution in [0, 0.1) is 5.92 Å². The monoisotopic (exact) mass is 362 g/mol. The maximum Gasteiger partial charge on any atom is 0.251 e. The van der Waals surface area contributed by atoms with Crippen molar-refractivity contribution < 1.29 is 19.1 Å². The maximum absolute atomic E-state index is 12.6. The fourth-order valence-electron chi connectivity index (χ4n) is 3.89. The first-order valence-electron chi connectivity index (χ1n) is 9.35. The highest BCUT2D eigenvalue weighted by Crippen LogP contribution is 2.40. The van der Waals surface area contributed by atoms with Crippen molar-refractivity contribution in [3.63, 3.8) is 0 Å². The molecule has 4 rings (SSSR count).